The zero-order chi connectivity index (χ0) is 13.0. The van der Waals surface area contributed by atoms with Crippen molar-refractivity contribution in [2.24, 2.45) is 0 Å². The molecule has 0 unspecified atom stereocenters. The lowest BCUT2D eigenvalue weighted by Gasteiger charge is -2.09. The molecular weight excluding hydrogens is 226 g/mol. The lowest BCUT2D eigenvalue weighted by atomic mass is 10.1. The molecular formula is C15H19NO2. The fraction of sp³-hybridized carbons (Fsp3) is 0.333. The van der Waals surface area contributed by atoms with E-state index in [0.717, 1.165) is 29.2 Å². The van der Waals surface area contributed by atoms with Crippen LogP contribution < -0.4 is 10.1 Å². The van der Waals surface area contributed by atoms with Gasteiger partial charge in [-0.25, -0.2) is 0 Å². The van der Waals surface area contributed by atoms with E-state index >= 15 is 0 Å². The Balaban J connectivity index is 2.06. The predicted octanol–water partition coefficient (Wildman–Crippen LogP) is 3.19. The molecule has 0 radical (unpaired) electrons. The Bertz CT molecular complexity index is 517. The molecule has 1 heterocycles. The van der Waals surface area contributed by atoms with Gasteiger partial charge in [-0.2, -0.15) is 0 Å². The monoisotopic (exact) mass is 245 g/mol. The Morgan fingerprint density at radius 3 is 2.83 bits per heavy atom. The number of rotatable bonds is 5. The van der Waals surface area contributed by atoms with E-state index in [1.165, 1.54) is 5.56 Å². The summed E-state index contributed by atoms with van der Waals surface area (Å²) >= 11 is 0. The summed E-state index contributed by atoms with van der Waals surface area (Å²) in [4.78, 5) is 0. The molecule has 18 heavy (non-hydrogen) atoms. The molecule has 3 nitrogen and oxygen atoms in total. The summed E-state index contributed by atoms with van der Waals surface area (Å²) in [6.45, 7) is 5.37. The van der Waals surface area contributed by atoms with Gasteiger partial charge in [0.15, 0.2) is 0 Å². The Morgan fingerprint density at radius 2 is 2.06 bits per heavy atom. The molecule has 2 rings (SSSR count). The number of furan rings is 1. The van der Waals surface area contributed by atoms with E-state index in [0.29, 0.717) is 6.61 Å². The average Bonchev–Trinajstić information content (AvgIpc) is 2.78. The van der Waals surface area contributed by atoms with E-state index in [4.69, 9.17) is 9.15 Å². The molecule has 0 fully saturated rings. The number of aryl methyl sites for hydroxylation is 2. The number of ether oxygens (including phenoxy) is 1. The third-order valence-corrected chi connectivity index (χ3v) is 2.91. The van der Waals surface area contributed by atoms with Crippen LogP contribution in [0.25, 0.3) is 0 Å². The van der Waals surface area contributed by atoms with Crippen molar-refractivity contribution in [1.82, 2.24) is 5.32 Å². The summed E-state index contributed by atoms with van der Waals surface area (Å²) in [6.07, 6.45) is 1.70. The highest BCUT2D eigenvalue weighted by Gasteiger charge is 2.07. The fourth-order valence-corrected chi connectivity index (χ4v) is 1.85. The summed E-state index contributed by atoms with van der Waals surface area (Å²) in [5.74, 6) is 1.80. The van der Waals surface area contributed by atoms with Gasteiger partial charge < -0.3 is 14.5 Å². The molecule has 0 aliphatic rings. The van der Waals surface area contributed by atoms with Gasteiger partial charge in [-0.05, 0) is 44.2 Å². The second-order valence-electron chi connectivity index (χ2n) is 4.46. The van der Waals surface area contributed by atoms with Crippen LogP contribution in [0.2, 0.25) is 0 Å². The molecule has 0 aliphatic heterocycles. The second-order valence-corrected chi connectivity index (χ2v) is 4.46. The molecule has 0 bridgehead atoms. The molecule has 0 spiro atoms. The lowest BCUT2D eigenvalue weighted by molar-refractivity contribution is 0.266. The fourth-order valence-electron chi connectivity index (χ4n) is 1.85. The van der Waals surface area contributed by atoms with Gasteiger partial charge in [0.25, 0.3) is 0 Å². The highest BCUT2D eigenvalue weighted by Crippen LogP contribution is 2.21. The van der Waals surface area contributed by atoms with Crippen molar-refractivity contribution in [3.8, 4) is 5.75 Å². The van der Waals surface area contributed by atoms with Crippen molar-refractivity contribution in [3.05, 3.63) is 53.0 Å². The molecule has 0 amide bonds. The molecule has 1 aromatic heterocycles. The van der Waals surface area contributed by atoms with Crippen molar-refractivity contribution in [1.29, 1.82) is 0 Å². The quantitative estimate of drug-likeness (QED) is 0.878. The zero-order valence-electron chi connectivity index (χ0n) is 11.1. The number of nitrogens with one attached hydrogen (secondary N) is 1. The molecule has 0 saturated carbocycles. The Labute approximate surface area is 108 Å². The van der Waals surface area contributed by atoms with E-state index in [1.54, 1.807) is 6.26 Å². The van der Waals surface area contributed by atoms with E-state index in [2.05, 4.69) is 30.4 Å². The second kappa shape index (κ2) is 5.74. The normalized spacial score (nSPS) is 10.6. The van der Waals surface area contributed by atoms with Crippen molar-refractivity contribution in [2.75, 3.05) is 7.05 Å². The van der Waals surface area contributed by atoms with Gasteiger partial charge in [-0.1, -0.05) is 12.1 Å². The number of hydrogen-bond acceptors (Lipinski definition) is 3. The van der Waals surface area contributed by atoms with Crippen molar-refractivity contribution >= 4 is 0 Å². The van der Waals surface area contributed by atoms with Crippen LogP contribution in [-0.4, -0.2) is 7.05 Å². The molecule has 0 saturated heterocycles. The van der Waals surface area contributed by atoms with E-state index in [9.17, 15) is 0 Å². The maximum atomic E-state index is 5.83. The summed E-state index contributed by atoms with van der Waals surface area (Å²) in [6, 6.07) is 8.18. The standard InChI is InChI=1S/C15H19NO2/c1-11-4-5-12(2)14(8-11)18-10-15-13(9-16-3)6-7-17-15/h4-8,16H,9-10H2,1-3H3. The number of hydrogen-bond donors (Lipinski definition) is 1. The maximum Gasteiger partial charge on any atom is 0.146 e. The van der Waals surface area contributed by atoms with Crippen LogP contribution in [0, 0.1) is 13.8 Å². The summed E-state index contributed by atoms with van der Waals surface area (Å²) < 4.78 is 11.3. The van der Waals surface area contributed by atoms with Crippen molar-refractivity contribution in [2.45, 2.75) is 27.0 Å². The van der Waals surface area contributed by atoms with Crippen LogP contribution in [0.15, 0.2) is 34.9 Å². The minimum atomic E-state index is 0.467. The lowest BCUT2D eigenvalue weighted by Crippen LogP contribution is -2.07. The Morgan fingerprint density at radius 1 is 1.22 bits per heavy atom. The molecule has 2 aromatic rings. The minimum Gasteiger partial charge on any atom is -0.485 e. The molecule has 0 atom stereocenters. The minimum absolute atomic E-state index is 0.467. The van der Waals surface area contributed by atoms with Gasteiger partial charge in [0, 0.05) is 12.1 Å². The van der Waals surface area contributed by atoms with Crippen LogP contribution in [0.3, 0.4) is 0 Å². The largest absolute Gasteiger partial charge is 0.485 e. The molecule has 1 N–H and O–H groups in total. The average molecular weight is 245 g/mol. The van der Waals surface area contributed by atoms with Crippen LogP contribution >= 0.6 is 0 Å². The summed E-state index contributed by atoms with van der Waals surface area (Å²) in [5, 5.41) is 3.11. The van der Waals surface area contributed by atoms with E-state index < -0.39 is 0 Å². The maximum absolute atomic E-state index is 5.83. The zero-order valence-corrected chi connectivity index (χ0v) is 11.1. The molecule has 0 aliphatic carbocycles. The number of benzene rings is 1. The van der Waals surface area contributed by atoms with Crippen molar-refractivity contribution in [3.63, 3.8) is 0 Å². The van der Waals surface area contributed by atoms with Gasteiger partial charge in [0.05, 0.1) is 6.26 Å². The highest BCUT2D eigenvalue weighted by molar-refractivity contribution is 5.36. The third kappa shape index (κ3) is 2.93. The first-order valence-electron chi connectivity index (χ1n) is 6.10. The summed E-state index contributed by atoms with van der Waals surface area (Å²) in [5.41, 5.74) is 3.48. The van der Waals surface area contributed by atoms with Gasteiger partial charge in [0.1, 0.15) is 18.1 Å². The molecule has 96 valence electrons. The van der Waals surface area contributed by atoms with Crippen LogP contribution in [0.1, 0.15) is 22.5 Å². The van der Waals surface area contributed by atoms with Gasteiger partial charge in [-0.3, -0.25) is 0 Å². The van der Waals surface area contributed by atoms with Gasteiger partial charge in [-0.15, -0.1) is 0 Å². The summed E-state index contributed by atoms with van der Waals surface area (Å²) in [7, 11) is 1.92. The highest BCUT2D eigenvalue weighted by atomic mass is 16.5. The predicted molar refractivity (Wildman–Crippen MR) is 71.7 cm³/mol. The Kier molecular flexibility index (Phi) is 4.05. The van der Waals surface area contributed by atoms with Crippen LogP contribution in [0.5, 0.6) is 5.75 Å². The SMILES string of the molecule is CNCc1ccoc1COc1cc(C)ccc1C. The molecule has 1 aromatic carbocycles. The first-order valence-corrected chi connectivity index (χ1v) is 6.10. The Hall–Kier alpha value is -1.74. The molecule has 3 heteroatoms. The van der Waals surface area contributed by atoms with Gasteiger partial charge in [0.2, 0.25) is 0 Å². The topological polar surface area (TPSA) is 34.4 Å². The van der Waals surface area contributed by atoms with Crippen molar-refractivity contribution < 1.29 is 9.15 Å². The van der Waals surface area contributed by atoms with E-state index in [-0.39, 0.29) is 0 Å². The first-order chi connectivity index (χ1) is 8.70. The van der Waals surface area contributed by atoms with E-state index in [1.807, 2.05) is 20.0 Å². The smallest absolute Gasteiger partial charge is 0.146 e. The van der Waals surface area contributed by atoms with Gasteiger partial charge >= 0.3 is 0 Å². The van der Waals surface area contributed by atoms with Crippen LogP contribution in [0.4, 0.5) is 0 Å². The first kappa shape index (κ1) is 12.7. The third-order valence-electron chi connectivity index (χ3n) is 2.91. The van der Waals surface area contributed by atoms with Crippen LogP contribution in [-0.2, 0) is 13.2 Å².